The van der Waals surface area contributed by atoms with Gasteiger partial charge in [0.05, 0.1) is 11.6 Å². The molecule has 1 aromatic carbocycles. The number of nitrogens with zero attached hydrogens (tertiary/aromatic N) is 2. The van der Waals surface area contributed by atoms with Crippen molar-refractivity contribution in [2.45, 2.75) is 39.3 Å². The van der Waals surface area contributed by atoms with E-state index in [0.29, 0.717) is 12.6 Å². The van der Waals surface area contributed by atoms with Crippen molar-refractivity contribution in [3.05, 3.63) is 40.8 Å². The SMILES string of the molecule is CCCNC(C)CCn1ncc2ccccc2c1=O. The molecule has 1 N–H and O–H groups in total. The number of hydrogen-bond donors (Lipinski definition) is 1. The minimum atomic E-state index is 0.000733. The van der Waals surface area contributed by atoms with Crippen LogP contribution in [0.15, 0.2) is 35.3 Å². The maximum atomic E-state index is 12.2. The van der Waals surface area contributed by atoms with Crippen LogP contribution < -0.4 is 10.9 Å². The van der Waals surface area contributed by atoms with Crippen molar-refractivity contribution in [3.63, 3.8) is 0 Å². The third kappa shape index (κ3) is 3.41. The first kappa shape index (κ1) is 13.7. The van der Waals surface area contributed by atoms with Gasteiger partial charge in [0.1, 0.15) is 0 Å². The molecule has 0 bridgehead atoms. The molecule has 1 atom stereocenters. The zero-order valence-corrected chi connectivity index (χ0v) is 11.6. The van der Waals surface area contributed by atoms with Crippen LogP contribution in [0.3, 0.4) is 0 Å². The van der Waals surface area contributed by atoms with Gasteiger partial charge in [-0.2, -0.15) is 5.10 Å². The topological polar surface area (TPSA) is 46.9 Å². The van der Waals surface area contributed by atoms with Gasteiger partial charge in [-0.25, -0.2) is 4.68 Å². The van der Waals surface area contributed by atoms with Crippen LogP contribution in [-0.4, -0.2) is 22.4 Å². The molecule has 4 heteroatoms. The van der Waals surface area contributed by atoms with Crippen LogP contribution in [0, 0.1) is 0 Å². The Morgan fingerprint density at radius 2 is 2.16 bits per heavy atom. The summed E-state index contributed by atoms with van der Waals surface area (Å²) in [6.07, 6.45) is 3.80. The molecule has 0 saturated heterocycles. The van der Waals surface area contributed by atoms with Crippen molar-refractivity contribution >= 4 is 10.8 Å². The molecular weight excluding hydrogens is 238 g/mol. The van der Waals surface area contributed by atoms with Gasteiger partial charge in [0.2, 0.25) is 0 Å². The molecule has 0 aliphatic carbocycles. The van der Waals surface area contributed by atoms with E-state index >= 15 is 0 Å². The average Bonchev–Trinajstić information content (AvgIpc) is 2.44. The van der Waals surface area contributed by atoms with Crippen LogP contribution in [0.4, 0.5) is 0 Å². The zero-order chi connectivity index (χ0) is 13.7. The van der Waals surface area contributed by atoms with E-state index in [4.69, 9.17) is 0 Å². The number of rotatable bonds is 6. The highest BCUT2D eigenvalue weighted by molar-refractivity contribution is 5.80. The van der Waals surface area contributed by atoms with Crippen LogP contribution in [0.2, 0.25) is 0 Å². The lowest BCUT2D eigenvalue weighted by Gasteiger charge is -2.13. The van der Waals surface area contributed by atoms with Crippen molar-refractivity contribution in [3.8, 4) is 0 Å². The van der Waals surface area contributed by atoms with Crippen LogP contribution in [0.1, 0.15) is 26.7 Å². The Bertz CT molecular complexity index is 591. The Labute approximate surface area is 113 Å². The number of aromatic nitrogens is 2. The number of aryl methyl sites for hydroxylation is 1. The Morgan fingerprint density at radius 3 is 2.95 bits per heavy atom. The van der Waals surface area contributed by atoms with Gasteiger partial charge in [-0.15, -0.1) is 0 Å². The van der Waals surface area contributed by atoms with Crippen LogP contribution in [0.5, 0.6) is 0 Å². The second-order valence-corrected chi connectivity index (χ2v) is 4.90. The maximum Gasteiger partial charge on any atom is 0.274 e. The monoisotopic (exact) mass is 259 g/mol. The minimum Gasteiger partial charge on any atom is -0.314 e. The molecule has 1 aromatic heterocycles. The molecule has 1 heterocycles. The number of fused-ring (bicyclic) bond motifs is 1. The molecule has 4 nitrogen and oxygen atoms in total. The van der Waals surface area contributed by atoms with Crippen LogP contribution in [-0.2, 0) is 6.54 Å². The minimum absolute atomic E-state index is 0.000733. The summed E-state index contributed by atoms with van der Waals surface area (Å²) in [5, 5.41) is 9.30. The van der Waals surface area contributed by atoms with E-state index in [1.54, 1.807) is 10.9 Å². The van der Waals surface area contributed by atoms with Gasteiger partial charge in [0.15, 0.2) is 0 Å². The van der Waals surface area contributed by atoms with Gasteiger partial charge in [-0.3, -0.25) is 4.79 Å². The van der Waals surface area contributed by atoms with Crippen molar-refractivity contribution in [2.75, 3.05) is 6.54 Å². The highest BCUT2D eigenvalue weighted by Crippen LogP contribution is 2.06. The Morgan fingerprint density at radius 1 is 1.37 bits per heavy atom. The summed E-state index contributed by atoms with van der Waals surface area (Å²) in [5.74, 6) is 0. The summed E-state index contributed by atoms with van der Waals surface area (Å²) in [4.78, 5) is 12.2. The molecule has 2 rings (SSSR count). The lowest BCUT2D eigenvalue weighted by atomic mass is 10.2. The summed E-state index contributed by atoms with van der Waals surface area (Å²) in [6, 6.07) is 7.98. The quantitative estimate of drug-likeness (QED) is 0.865. The van der Waals surface area contributed by atoms with Gasteiger partial charge in [0.25, 0.3) is 5.56 Å². The molecule has 0 aliphatic heterocycles. The molecule has 0 amide bonds. The van der Waals surface area contributed by atoms with E-state index in [9.17, 15) is 4.79 Å². The Hall–Kier alpha value is -1.68. The van der Waals surface area contributed by atoms with Crippen molar-refractivity contribution in [2.24, 2.45) is 0 Å². The smallest absolute Gasteiger partial charge is 0.274 e. The number of nitrogens with one attached hydrogen (secondary N) is 1. The molecule has 0 spiro atoms. The molecule has 2 aromatic rings. The van der Waals surface area contributed by atoms with Crippen molar-refractivity contribution < 1.29 is 0 Å². The van der Waals surface area contributed by atoms with E-state index in [0.717, 1.165) is 30.2 Å². The molecule has 102 valence electrons. The predicted molar refractivity (Wildman–Crippen MR) is 78.4 cm³/mol. The van der Waals surface area contributed by atoms with Crippen LogP contribution >= 0.6 is 0 Å². The van der Waals surface area contributed by atoms with Gasteiger partial charge >= 0.3 is 0 Å². The predicted octanol–water partition coefficient (Wildman–Crippen LogP) is 2.17. The van der Waals surface area contributed by atoms with E-state index in [1.807, 2.05) is 24.3 Å². The lowest BCUT2D eigenvalue weighted by molar-refractivity contribution is 0.450. The van der Waals surface area contributed by atoms with Gasteiger partial charge in [0, 0.05) is 18.0 Å². The van der Waals surface area contributed by atoms with E-state index in [2.05, 4.69) is 24.3 Å². The van der Waals surface area contributed by atoms with E-state index in [-0.39, 0.29) is 5.56 Å². The number of hydrogen-bond acceptors (Lipinski definition) is 3. The first-order chi connectivity index (χ1) is 9.22. The van der Waals surface area contributed by atoms with Gasteiger partial charge < -0.3 is 5.32 Å². The Kier molecular flexibility index (Phi) is 4.68. The van der Waals surface area contributed by atoms with E-state index in [1.165, 1.54) is 0 Å². The van der Waals surface area contributed by atoms with E-state index < -0.39 is 0 Å². The third-order valence-corrected chi connectivity index (χ3v) is 3.28. The molecule has 19 heavy (non-hydrogen) atoms. The molecule has 0 fully saturated rings. The fourth-order valence-corrected chi connectivity index (χ4v) is 2.10. The summed E-state index contributed by atoms with van der Waals surface area (Å²) in [6.45, 7) is 5.96. The summed E-state index contributed by atoms with van der Waals surface area (Å²) in [5.41, 5.74) is 0.000733. The summed E-state index contributed by atoms with van der Waals surface area (Å²) >= 11 is 0. The molecule has 1 unspecified atom stereocenters. The maximum absolute atomic E-state index is 12.2. The highest BCUT2D eigenvalue weighted by atomic mass is 16.1. The van der Waals surface area contributed by atoms with Crippen molar-refractivity contribution in [1.82, 2.24) is 15.1 Å². The fourth-order valence-electron chi connectivity index (χ4n) is 2.10. The first-order valence-corrected chi connectivity index (χ1v) is 6.90. The highest BCUT2D eigenvalue weighted by Gasteiger charge is 2.05. The molecule has 0 radical (unpaired) electrons. The average molecular weight is 259 g/mol. The third-order valence-electron chi connectivity index (χ3n) is 3.28. The largest absolute Gasteiger partial charge is 0.314 e. The lowest BCUT2D eigenvalue weighted by Crippen LogP contribution is -2.30. The van der Waals surface area contributed by atoms with Crippen molar-refractivity contribution in [1.29, 1.82) is 0 Å². The second kappa shape index (κ2) is 6.48. The molecule has 0 aliphatic rings. The fraction of sp³-hybridized carbons (Fsp3) is 0.467. The molecule has 0 saturated carbocycles. The Balaban J connectivity index is 2.09. The zero-order valence-electron chi connectivity index (χ0n) is 11.6. The first-order valence-electron chi connectivity index (χ1n) is 6.90. The second-order valence-electron chi connectivity index (χ2n) is 4.90. The standard InChI is InChI=1S/C15H21N3O/c1-3-9-16-12(2)8-10-18-15(19)14-7-5-4-6-13(14)11-17-18/h4-7,11-12,16H,3,8-10H2,1-2H3. The number of benzene rings is 1. The van der Waals surface area contributed by atoms with Gasteiger partial charge in [-0.05, 0) is 32.4 Å². The normalized spacial score (nSPS) is 12.7. The van der Waals surface area contributed by atoms with Gasteiger partial charge in [-0.1, -0.05) is 25.1 Å². The van der Waals surface area contributed by atoms with Crippen LogP contribution in [0.25, 0.3) is 10.8 Å². The summed E-state index contributed by atoms with van der Waals surface area (Å²) in [7, 11) is 0. The summed E-state index contributed by atoms with van der Waals surface area (Å²) < 4.78 is 1.56. The molecular formula is C15H21N3O.